The molecule has 3 fully saturated rings. The summed E-state index contributed by atoms with van der Waals surface area (Å²) in [5.74, 6) is 0.719. The molecular weight excluding hydrogens is 210 g/mol. The molecule has 2 aliphatic heterocycles. The molecule has 1 aliphatic carbocycles. The third-order valence-electron chi connectivity index (χ3n) is 4.41. The molecule has 1 unspecified atom stereocenters. The highest BCUT2D eigenvalue weighted by Crippen LogP contribution is 2.46. The number of carbonyl (C=O) groups excluding carboxylic acids is 1. The predicted molar refractivity (Wildman–Crippen MR) is 69.1 cm³/mol. The van der Waals surface area contributed by atoms with Crippen LogP contribution in [-0.2, 0) is 4.79 Å². The number of fused-ring (bicyclic) bond motifs is 3. The minimum atomic E-state index is 0.246. The zero-order chi connectivity index (χ0) is 12.0. The number of para-hydroxylation sites is 1. The number of benzene rings is 1. The highest BCUT2D eigenvalue weighted by atomic mass is 16.1. The lowest BCUT2D eigenvalue weighted by molar-refractivity contribution is -0.130. The van der Waals surface area contributed by atoms with E-state index in [4.69, 9.17) is 0 Å². The Morgan fingerprint density at radius 2 is 1.94 bits per heavy atom. The van der Waals surface area contributed by atoms with Crippen molar-refractivity contribution >= 4 is 11.5 Å². The minimum Gasteiger partial charge on any atom is -0.367 e. The average Bonchev–Trinajstić information content (AvgIpc) is 2.31. The number of hydrogen-bond acceptors (Lipinski definition) is 2. The zero-order valence-electron chi connectivity index (χ0n) is 10.5. The number of carbonyl (C=O) groups is 1. The highest BCUT2D eigenvalue weighted by molar-refractivity contribution is 5.85. The van der Waals surface area contributed by atoms with E-state index in [1.165, 1.54) is 5.69 Å². The summed E-state index contributed by atoms with van der Waals surface area (Å²) in [5, 5.41) is 0. The van der Waals surface area contributed by atoms with Crippen molar-refractivity contribution in [2.24, 2.45) is 11.3 Å². The fraction of sp³-hybridized carbons (Fsp3) is 0.533. The van der Waals surface area contributed by atoms with Gasteiger partial charge < -0.3 is 4.90 Å². The quantitative estimate of drug-likeness (QED) is 0.738. The standard InChI is InChI=1S/C15H19NO/c1-15(2)9-11-10-16(14(15)8-13(11)17)12-6-4-3-5-7-12/h3-7,11,14H,8-10H2,1-2H3/t11-,14?/m0/s1. The van der Waals surface area contributed by atoms with E-state index in [9.17, 15) is 4.79 Å². The third-order valence-corrected chi connectivity index (χ3v) is 4.41. The number of ketones is 1. The number of piperidine rings is 2. The number of anilines is 1. The summed E-state index contributed by atoms with van der Waals surface area (Å²) in [4.78, 5) is 14.3. The first kappa shape index (κ1) is 10.8. The fourth-order valence-electron chi connectivity index (χ4n) is 3.49. The summed E-state index contributed by atoms with van der Waals surface area (Å²) in [7, 11) is 0. The van der Waals surface area contributed by atoms with E-state index in [1.54, 1.807) is 0 Å². The van der Waals surface area contributed by atoms with Gasteiger partial charge >= 0.3 is 0 Å². The van der Waals surface area contributed by atoms with Crippen LogP contribution in [0.15, 0.2) is 30.3 Å². The summed E-state index contributed by atoms with van der Waals surface area (Å²) in [5.41, 5.74) is 1.52. The highest BCUT2D eigenvalue weighted by Gasteiger charge is 2.49. The van der Waals surface area contributed by atoms with Crippen LogP contribution in [0.2, 0.25) is 0 Å². The molecule has 3 aliphatic rings. The van der Waals surface area contributed by atoms with Gasteiger partial charge in [0.15, 0.2) is 0 Å². The van der Waals surface area contributed by atoms with E-state index in [-0.39, 0.29) is 11.3 Å². The lowest BCUT2D eigenvalue weighted by atomic mass is 9.64. The Kier molecular flexibility index (Phi) is 2.29. The van der Waals surface area contributed by atoms with Crippen molar-refractivity contribution in [2.45, 2.75) is 32.7 Å². The second-order valence-electron chi connectivity index (χ2n) is 6.06. The van der Waals surface area contributed by atoms with Crippen LogP contribution in [-0.4, -0.2) is 18.4 Å². The Labute approximate surface area is 103 Å². The maximum Gasteiger partial charge on any atom is 0.139 e. The monoisotopic (exact) mass is 229 g/mol. The van der Waals surface area contributed by atoms with E-state index in [1.807, 2.05) is 6.07 Å². The van der Waals surface area contributed by atoms with Crippen molar-refractivity contribution in [2.75, 3.05) is 11.4 Å². The molecule has 90 valence electrons. The van der Waals surface area contributed by atoms with E-state index in [0.717, 1.165) is 19.4 Å². The molecule has 2 heterocycles. The molecule has 0 amide bonds. The van der Waals surface area contributed by atoms with Crippen LogP contribution in [0.25, 0.3) is 0 Å². The van der Waals surface area contributed by atoms with Gasteiger partial charge in [0.25, 0.3) is 0 Å². The van der Waals surface area contributed by atoms with Crippen LogP contribution in [0, 0.1) is 11.3 Å². The Hall–Kier alpha value is -1.31. The lowest BCUT2D eigenvalue weighted by Crippen LogP contribution is -2.60. The first-order chi connectivity index (χ1) is 8.08. The van der Waals surface area contributed by atoms with E-state index in [0.29, 0.717) is 11.8 Å². The van der Waals surface area contributed by atoms with Crippen molar-refractivity contribution in [3.63, 3.8) is 0 Å². The van der Waals surface area contributed by atoms with Gasteiger partial charge in [-0.15, -0.1) is 0 Å². The van der Waals surface area contributed by atoms with Crippen molar-refractivity contribution in [1.82, 2.24) is 0 Å². The normalized spacial score (nSPS) is 30.7. The zero-order valence-corrected chi connectivity index (χ0v) is 10.5. The van der Waals surface area contributed by atoms with Crippen molar-refractivity contribution in [1.29, 1.82) is 0 Å². The molecule has 2 saturated heterocycles. The van der Waals surface area contributed by atoms with Crippen LogP contribution in [0.5, 0.6) is 0 Å². The molecule has 2 nitrogen and oxygen atoms in total. The first-order valence-corrected chi connectivity index (χ1v) is 6.42. The molecule has 1 aromatic carbocycles. The fourth-order valence-corrected chi connectivity index (χ4v) is 3.49. The Bertz CT molecular complexity index is 437. The topological polar surface area (TPSA) is 20.3 Å². The molecule has 1 aromatic rings. The van der Waals surface area contributed by atoms with Crippen LogP contribution >= 0.6 is 0 Å². The van der Waals surface area contributed by atoms with Crippen LogP contribution in [0.1, 0.15) is 26.7 Å². The molecule has 4 rings (SSSR count). The van der Waals surface area contributed by atoms with Gasteiger partial charge in [-0.1, -0.05) is 32.0 Å². The van der Waals surface area contributed by atoms with Gasteiger partial charge in [0.1, 0.15) is 5.78 Å². The van der Waals surface area contributed by atoms with Crippen molar-refractivity contribution in [3.05, 3.63) is 30.3 Å². The largest absolute Gasteiger partial charge is 0.367 e. The first-order valence-electron chi connectivity index (χ1n) is 6.42. The van der Waals surface area contributed by atoms with Gasteiger partial charge in [-0.2, -0.15) is 0 Å². The van der Waals surface area contributed by atoms with E-state index < -0.39 is 0 Å². The Morgan fingerprint density at radius 3 is 2.59 bits per heavy atom. The summed E-state index contributed by atoms with van der Waals surface area (Å²) in [6, 6.07) is 10.9. The lowest BCUT2D eigenvalue weighted by Gasteiger charge is -2.54. The SMILES string of the molecule is CC1(C)C[C@H]2CN(c3ccccc3)C1CC2=O. The van der Waals surface area contributed by atoms with Gasteiger partial charge in [0.2, 0.25) is 0 Å². The van der Waals surface area contributed by atoms with Crippen LogP contribution in [0.4, 0.5) is 5.69 Å². The minimum absolute atomic E-state index is 0.246. The number of Topliss-reactive ketones (excluding diaryl/α,β-unsaturated/α-hetero) is 1. The maximum atomic E-state index is 11.9. The second-order valence-corrected chi connectivity index (χ2v) is 6.06. The number of nitrogens with zero attached hydrogens (tertiary/aromatic N) is 1. The van der Waals surface area contributed by atoms with Crippen molar-refractivity contribution < 1.29 is 4.79 Å². The number of hydrogen-bond donors (Lipinski definition) is 0. The molecule has 2 atom stereocenters. The van der Waals surface area contributed by atoms with Gasteiger partial charge in [-0.05, 0) is 24.0 Å². The average molecular weight is 229 g/mol. The molecule has 17 heavy (non-hydrogen) atoms. The predicted octanol–water partition coefficient (Wildman–Crippen LogP) is 2.88. The summed E-state index contributed by atoms with van der Waals surface area (Å²) >= 11 is 0. The Morgan fingerprint density at radius 1 is 1.24 bits per heavy atom. The molecule has 1 saturated carbocycles. The molecule has 0 radical (unpaired) electrons. The second kappa shape index (κ2) is 3.59. The van der Waals surface area contributed by atoms with Crippen molar-refractivity contribution in [3.8, 4) is 0 Å². The van der Waals surface area contributed by atoms with E-state index in [2.05, 4.69) is 43.0 Å². The van der Waals surface area contributed by atoms with Gasteiger partial charge in [0, 0.05) is 30.6 Å². The van der Waals surface area contributed by atoms with Gasteiger partial charge in [-0.3, -0.25) is 4.79 Å². The molecular formula is C15H19NO. The number of rotatable bonds is 1. The third kappa shape index (κ3) is 1.67. The molecule has 2 heteroatoms. The molecule has 2 bridgehead atoms. The Balaban J connectivity index is 1.96. The smallest absolute Gasteiger partial charge is 0.139 e. The summed E-state index contributed by atoms with van der Waals surface area (Å²) in [6.07, 6.45) is 1.78. The maximum absolute atomic E-state index is 11.9. The molecule has 0 N–H and O–H groups in total. The van der Waals surface area contributed by atoms with Gasteiger partial charge in [0.05, 0.1) is 0 Å². The summed E-state index contributed by atoms with van der Waals surface area (Å²) < 4.78 is 0. The summed E-state index contributed by atoms with van der Waals surface area (Å²) in [6.45, 7) is 5.51. The van der Waals surface area contributed by atoms with Crippen LogP contribution < -0.4 is 4.90 Å². The van der Waals surface area contributed by atoms with E-state index >= 15 is 0 Å². The van der Waals surface area contributed by atoms with Gasteiger partial charge in [-0.25, -0.2) is 0 Å². The van der Waals surface area contributed by atoms with Crippen LogP contribution in [0.3, 0.4) is 0 Å². The molecule has 0 aromatic heterocycles. The molecule has 0 spiro atoms.